The number of hydrogen-bond acceptors (Lipinski definition) is 4. The maximum Gasteiger partial charge on any atom is 0.232 e. The van der Waals surface area contributed by atoms with Crippen LogP contribution in [0, 0.1) is 0 Å². The molecule has 0 unspecified atom stereocenters. The van der Waals surface area contributed by atoms with Gasteiger partial charge in [0.05, 0.1) is 11.9 Å². The molecule has 0 bridgehead atoms. The Morgan fingerprint density at radius 1 is 0.966 bits per heavy atom. The SMILES string of the molecule is CN(CCCNC(=O)CCCN(c1ccc(Cl)cc1)S(C)(=O)=O)c1ccccc1. The third kappa shape index (κ3) is 7.95. The number of amides is 1. The minimum absolute atomic E-state index is 0.0723. The summed E-state index contributed by atoms with van der Waals surface area (Å²) in [6.07, 6.45) is 2.70. The average molecular weight is 438 g/mol. The summed E-state index contributed by atoms with van der Waals surface area (Å²) in [5.74, 6) is -0.0723. The van der Waals surface area contributed by atoms with Crippen molar-refractivity contribution in [2.75, 3.05) is 42.1 Å². The Bertz CT molecular complexity index is 874. The van der Waals surface area contributed by atoms with Crippen LogP contribution in [0.3, 0.4) is 0 Å². The van der Waals surface area contributed by atoms with E-state index in [9.17, 15) is 13.2 Å². The van der Waals surface area contributed by atoms with Crippen LogP contribution in [0.5, 0.6) is 0 Å². The van der Waals surface area contributed by atoms with Gasteiger partial charge < -0.3 is 10.2 Å². The first-order chi connectivity index (χ1) is 13.8. The predicted octanol–water partition coefficient (Wildman–Crippen LogP) is 3.53. The molecule has 0 heterocycles. The Morgan fingerprint density at radius 3 is 2.24 bits per heavy atom. The summed E-state index contributed by atoms with van der Waals surface area (Å²) in [6.45, 7) is 1.66. The monoisotopic (exact) mass is 437 g/mol. The van der Waals surface area contributed by atoms with Crippen LogP contribution in [0.4, 0.5) is 11.4 Å². The molecular formula is C21H28ClN3O3S. The molecule has 0 saturated heterocycles. The largest absolute Gasteiger partial charge is 0.375 e. The lowest BCUT2D eigenvalue weighted by Crippen LogP contribution is -2.32. The van der Waals surface area contributed by atoms with Gasteiger partial charge in [-0.3, -0.25) is 9.10 Å². The highest BCUT2D eigenvalue weighted by atomic mass is 35.5. The van der Waals surface area contributed by atoms with Crippen molar-refractivity contribution in [3.8, 4) is 0 Å². The fourth-order valence-electron chi connectivity index (χ4n) is 2.92. The second-order valence-electron chi connectivity index (χ2n) is 6.88. The van der Waals surface area contributed by atoms with Crippen molar-refractivity contribution in [1.29, 1.82) is 0 Å². The zero-order valence-electron chi connectivity index (χ0n) is 16.8. The van der Waals surface area contributed by atoms with E-state index in [2.05, 4.69) is 10.2 Å². The summed E-state index contributed by atoms with van der Waals surface area (Å²) in [4.78, 5) is 14.2. The fourth-order valence-corrected chi connectivity index (χ4v) is 4.01. The fraction of sp³-hybridized carbons (Fsp3) is 0.381. The third-order valence-electron chi connectivity index (χ3n) is 4.47. The average Bonchev–Trinajstić information content (AvgIpc) is 2.69. The molecule has 0 radical (unpaired) electrons. The minimum atomic E-state index is -3.43. The molecule has 0 fully saturated rings. The lowest BCUT2D eigenvalue weighted by Gasteiger charge is -2.22. The van der Waals surface area contributed by atoms with E-state index in [4.69, 9.17) is 11.6 Å². The molecule has 0 saturated carbocycles. The molecule has 0 spiro atoms. The topological polar surface area (TPSA) is 69.7 Å². The van der Waals surface area contributed by atoms with Crippen LogP contribution in [0.25, 0.3) is 0 Å². The number of hydrogen-bond donors (Lipinski definition) is 1. The van der Waals surface area contributed by atoms with Gasteiger partial charge in [0.15, 0.2) is 0 Å². The number of rotatable bonds is 11. The van der Waals surface area contributed by atoms with E-state index in [1.165, 1.54) is 4.31 Å². The molecule has 29 heavy (non-hydrogen) atoms. The lowest BCUT2D eigenvalue weighted by molar-refractivity contribution is -0.121. The van der Waals surface area contributed by atoms with E-state index in [0.29, 0.717) is 23.7 Å². The summed E-state index contributed by atoms with van der Waals surface area (Å²) < 4.78 is 25.4. The number of carbonyl (C=O) groups excluding carboxylic acids is 1. The standard InChI is InChI=1S/C21H28ClN3O3S/c1-24(19-8-4-3-5-9-19)16-7-15-23-21(26)10-6-17-25(29(2,27)28)20-13-11-18(22)12-14-20/h3-5,8-9,11-14H,6-7,10,15-17H2,1-2H3,(H,23,26). The number of sulfonamides is 1. The molecule has 0 aliphatic rings. The summed E-state index contributed by atoms with van der Waals surface area (Å²) >= 11 is 5.87. The number of anilines is 2. The number of benzene rings is 2. The number of halogens is 1. The number of nitrogens with one attached hydrogen (secondary N) is 1. The summed E-state index contributed by atoms with van der Waals surface area (Å²) in [5, 5.41) is 3.44. The van der Waals surface area contributed by atoms with E-state index in [1.807, 2.05) is 37.4 Å². The Hall–Kier alpha value is -2.25. The van der Waals surface area contributed by atoms with Crippen LogP contribution in [0.15, 0.2) is 54.6 Å². The molecule has 1 N–H and O–H groups in total. The molecule has 6 nitrogen and oxygen atoms in total. The van der Waals surface area contributed by atoms with E-state index in [0.717, 1.165) is 24.9 Å². The van der Waals surface area contributed by atoms with Crippen molar-refractivity contribution >= 4 is 38.9 Å². The Labute approximate surface area is 178 Å². The molecule has 2 rings (SSSR count). The van der Waals surface area contributed by atoms with E-state index >= 15 is 0 Å². The first-order valence-corrected chi connectivity index (χ1v) is 11.8. The highest BCUT2D eigenvalue weighted by Crippen LogP contribution is 2.21. The van der Waals surface area contributed by atoms with Crippen molar-refractivity contribution < 1.29 is 13.2 Å². The zero-order valence-corrected chi connectivity index (χ0v) is 18.4. The van der Waals surface area contributed by atoms with Gasteiger partial charge in [-0.2, -0.15) is 0 Å². The molecule has 1 amide bonds. The Balaban J connectivity index is 1.71. The van der Waals surface area contributed by atoms with Crippen molar-refractivity contribution in [3.05, 3.63) is 59.6 Å². The van der Waals surface area contributed by atoms with Crippen LogP contribution in [-0.2, 0) is 14.8 Å². The van der Waals surface area contributed by atoms with Crippen LogP contribution < -0.4 is 14.5 Å². The highest BCUT2D eigenvalue weighted by molar-refractivity contribution is 7.92. The molecule has 0 aliphatic carbocycles. The first kappa shape index (κ1) is 23.0. The molecule has 8 heteroatoms. The van der Waals surface area contributed by atoms with Crippen LogP contribution in [-0.4, -0.2) is 47.3 Å². The number of carbonyl (C=O) groups is 1. The minimum Gasteiger partial charge on any atom is -0.375 e. The molecule has 0 aliphatic heterocycles. The lowest BCUT2D eigenvalue weighted by atomic mass is 10.2. The van der Waals surface area contributed by atoms with Crippen LogP contribution in [0.1, 0.15) is 19.3 Å². The van der Waals surface area contributed by atoms with Gasteiger partial charge in [0.25, 0.3) is 0 Å². The van der Waals surface area contributed by atoms with Gasteiger partial charge in [-0.15, -0.1) is 0 Å². The highest BCUT2D eigenvalue weighted by Gasteiger charge is 2.17. The van der Waals surface area contributed by atoms with Crippen molar-refractivity contribution in [3.63, 3.8) is 0 Å². The number of nitrogens with zero attached hydrogens (tertiary/aromatic N) is 2. The van der Waals surface area contributed by atoms with Gasteiger partial charge in [-0.25, -0.2) is 8.42 Å². The maximum atomic E-state index is 12.1. The number of para-hydroxylation sites is 1. The quantitative estimate of drug-likeness (QED) is 0.546. The second kappa shape index (κ2) is 11.1. The maximum absolute atomic E-state index is 12.1. The molecule has 158 valence electrons. The van der Waals surface area contributed by atoms with Gasteiger partial charge in [-0.1, -0.05) is 29.8 Å². The molecule has 0 atom stereocenters. The molecule has 0 aromatic heterocycles. The second-order valence-corrected chi connectivity index (χ2v) is 9.22. The van der Waals surface area contributed by atoms with Crippen molar-refractivity contribution in [1.82, 2.24) is 5.32 Å². The van der Waals surface area contributed by atoms with Gasteiger partial charge in [-0.05, 0) is 49.2 Å². The summed E-state index contributed by atoms with van der Waals surface area (Å²) in [5.41, 5.74) is 1.68. The summed E-state index contributed by atoms with van der Waals surface area (Å²) in [6, 6.07) is 16.7. The predicted molar refractivity (Wildman–Crippen MR) is 120 cm³/mol. The first-order valence-electron chi connectivity index (χ1n) is 9.53. The van der Waals surface area contributed by atoms with Gasteiger partial charge in [0.1, 0.15) is 0 Å². The van der Waals surface area contributed by atoms with E-state index < -0.39 is 10.0 Å². The zero-order chi connectivity index (χ0) is 21.3. The van der Waals surface area contributed by atoms with Crippen molar-refractivity contribution in [2.45, 2.75) is 19.3 Å². The Morgan fingerprint density at radius 2 is 1.62 bits per heavy atom. The van der Waals surface area contributed by atoms with Crippen LogP contribution >= 0.6 is 11.6 Å². The summed E-state index contributed by atoms with van der Waals surface area (Å²) in [7, 11) is -1.41. The molecular weight excluding hydrogens is 410 g/mol. The van der Waals surface area contributed by atoms with E-state index in [-0.39, 0.29) is 18.9 Å². The van der Waals surface area contributed by atoms with Gasteiger partial charge >= 0.3 is 0 Å². The molecule has 2 aromatic carbocycles. The van der Waals surface area contributed by atoms with Crippen LogP contribution in [0.2, 0.25) is 5.02 Å². The normalized spacial score (nSPS) is 11.1. The smallest absolute Gasteiger partial charge is 0.232 e. The molecule has 2 aromatic rings. The Kier molecular flexibility index (Phi) is 8.79. The van der Waals surface area contributed by atoms with Gasteiger partial charge in [0.2, 0.25) is 15.9 Å². The van der Waals surface area contributed by atoms with Gasteiger partial charge in [0, 0.05) is 43.8 Å². The third-order valence-corrected chi connectivity index (χ3v) is 5.92. The van der Waals surface area contributed by atoms with E-state index in [1.54, 1.807) is 24.3 Å². The van der Waals surface area contributed by atoms with Crippen molar-refractivity contribution in [2.24, 2.45) is 0 Å².